The summed E-state index contributed by atoms with van der Waals surface area (Å²) in [7, 11) is 1.67. The highest BCUT2D eigenvalue weighted by Crippen LogP contribution is 2.55. The van der Waals surface area contributed by atoms with E-state index in [0.29, 0.717) is 13.1 Å². The number of rotatable bonds is 5. The number of likely N-dealkylation sites (tertiary alicyclic amines) is 2. The molecular weight excluding hydrogens is 392 g/mol. The summed E-state index contributed by atoms with van der Waals surface area (Å²) in [6.07, 6.45) is 1.86. The molecule has 0 unspecified atom stereocenters. The molecule has 1 saturated carbocycles. The van der Waals surface area contributed by atoms with Crippen molar-refractivity contribution in [3.8, 4) is 16.9 Å². The van der Waals surface area contributed by atoms with E-state index in [9.17, 15) is 14.7 Å². The molecule has 3 aliphatic rings. The van der Waals surface area contributed by atoms with Gasteiger partial charge in [-0.3, -0.25) is 9.59 Å². The van der Waals surface area contributed by atoms with Crippen LogP contribution in [-0.4, -0.2) is 65.1 Å². The predicted octanol–water partition coefficient (Wildman–Crippen LogP) is 2.66. The Hall–Kier alpha value is -2.86. The van der Waals surface area contributed by atoms with Crippen molar-refractivity contribution in [2.45, 2.75) is 37.3 Å². The van der Waals surface area contributed by atoms with Crippen LogP contribution in [0.15, 0.2) is 48.5 Å². The van der Waals surface area contributed by atoms with E-state index in [1.807, 2.05) is 29.2 Å². The van der Waals surface area contributed by atoms with Crippen LogP contribution in [0.5, 0.6) is 5.75 Å². The average Bonchev–Trinajstić information content (AvgIpc) is 3.58. The smallest absolute Gasteiger partial charge is 0.226 e. The quantitative estimate of drug-likeness (QED) is 0.808. The van der Waals surface area contributed by atoms with Gasteiger partial charge in [0.05, 0.1) is 25.3 Å². The molecule has 2 atom stereocenters. The Morgan fingerprint density at radius 2 is 1.77 bits per heavy atom. The maximum Gasteiger partial charge on any atom is 0.226 e. The fourth-order valence-corrected chi connectivity index (χ4v) is 5.47. The number of hydrogen-bond acceptors (Lipinski definition) is 4. The standard InChI is InChI=1S/C25H28N2O4/c1-16(29)26-14-25(15-26)23(21(13-28)27(25)24(30)19-11-12-19)18-9-7-17(8-10-18)20-5-3-4-6-22(20)31-2/h3-10,19,21,23,28H,11-15H2,1-2H3/t21-,23+/m0/s1. The second kappa shape index (κ2) is 7.38. The summed E-state index contributed by atoms with van der Waals surface area (Å²) >= 11 is 0. The van der Waals surface area contributed by atoms with Gasteiger partial charge in [-0.1, -0.05) is 42.5 Å². The van der Waals surface area contributed by atoms with Gasteiger partial charge in [-0.25, -0.2) is 0 Å². The summed E-state index contributed by atoms with van der Waals surface area (Å²) in [5.74, 6) is 1.10. The van der Waals surface area contributed by atoms with Gasteiger partial charge in [-0.05, 0) is 30.0 Å². The van der Waals surface area contributed by atoms with Gasteiger partial charge in [0.2, 0.25) is 11.8 Å². The predicted molar refractivity (Wildman–Crippen MR) is 117 cm³/mol. The second-order valence-electron chi connectivity index (χ2n) is 9.01. The number of carbonyl (C=O) groups is 2. The molecule has 3 fully saturated rings. The molecule has 2 heterocycles. The van der Waals surface area contributed by atoms with Crippen molar-refractivity contribution in [3.63, 3.8) is 0 Å². The fraction of sp³-hybridized carbons (Fsp3) is 0.440. The Labute approximate surface area is 182 Å². The van der Waals surface area contributed by atoms with Crippen molar-refractivity contribution in [2.24, 2.45) is 5.92 Å². The van der Waals surface area contributed by atoms with Crippen LogP contribution in [0.2, 0.25) is 0 Å². The number of carbonyl (C=O) groups excluding carboxylic acids is 2. The minimum absolute atomic E-state index is 0.0162. The van der Waals surface area contributed by atoms with Crippen LogP contribution < -0.4 is 4.74 Å². The Kier molecular flexibility index (Phi) is 4.77. The van der Waals surface area contributed by atoms with E-state index in [-0.39, 0.29) is 36.3 Å². The molecule has 5 rings (SSSR count). The first-order valence-corrected chi connectivity index (χ1v) is 10.9. The van der Waals surface area contributed by atoms with Gasteiger partial charge in [0.1, 0.15) is 5.75 Å². The number of methoxy groups -OCH3 is 1. The zero-order valence-electron chi connectivity index (χ0n) is 18.0. The summed E-state index contributed by atoms with van der Waals surface area (Å²) in [6.45, 7) is 2.57. The van der Waals surface area contributed by atoms with E-state index >= 15 is 0 Å². The molecule has 2 aromatic carbocycles. The highest BCUT2D eigenvalue weighted by Gasteiger charge is 2.68. The van der Waals surface area contributed by atoms with Crippen LogP contribution in [-0.2, 0) is 9.59 Å². The first-order chi connectivity index (χ1) is 15.0. The van der Waals surface area contributed by atoms with Crippen molar-refractivity contribution >= 4 is 11.8 Å². The largest absolute Gasteiger partial charge is 0.496 e. The normalized spacial score (nSPS) is 23.8. The monoisotopic (exact) mass is 420 g/mol. The average molecular weight is 421 g/mol. The van der Waals surface area contributed by atoms with Crippen molar-refractivity contribution in [1.82, 2.24) is 9.80 Å². The van der Waals surface area contributed by atoms with E-state index < -0.39 is 5.54 Å². The van der Waals surface area contributed by atoms with Gasteiger partial charge < -0.3 is 19.6 Å². The van der Waals surface area contributed by atoms with Gasteiger partial charge in [-0.2, -0.15) is 0 Å². The number of nitrogens with zero attached hydrogens (tertiary/aromatic N) is 2. The van der Waals surface area contributed by atoms with Gasteiger partial charge in [-0.15, -0.1) is 0 Å². The zero-order chi connectivity index (χ0) is 21.8. The number of benzene rings is 2. The molecule has 1 spiro atoms. The van der Waals surface area contributed by atoms with Crippen LogP contribution >= 0.6 is 0 Å². The maximum atomic E-state index is 13.0. The molecule has 2 saturated heterocycles. The van der Waals surface area contributed by atoms with Gasteiger partial charge in [0.15, 0.2) is 0 Å². The Balaban J connectivity index is 1.46. The molecule has 1 aliphatic carbocycles. The van der Waals surface area contributed by atoms with E-state index in [1.165, 1.54) is 0 Å². The number of ether oxygens (including phenoxy) is 1. The molecule has 0 radical (unpaired) electrons. The number of para-hydroxylation sites is 1. The third-order valence-electron chi connectivity index (χ3n) is 7.19. The van der Waals surface area contributed by atoms with Crippen LogP contribution in [0.3, 0.4) is 0 Å². The van der Waals surface area contributed by atoms with E-state index in [1.54, 1.807) is 18.9 Å². The molecule has 0 bridgehead atoms. The molecule has 1 N–H and O–H groups in total. The second-order valence-corrected chi connectivity index (χ2v) is 9.01. The number of aliphatic hydroxyl groups excluding tert-OH is 1. The SMILES string of the molecule is COc1ccccc1-c1ccc([C@@H]2[C@H](CO)N(C(=O)C3CC3)C23CN(C(C)=O)C3)cc1. The Bertz CT molecular complexity index is 1010. The van der Waals surface area contributed by atoms with E-state index in [0.717, 1.165) is 35.3 Å². The lowest BCUT2D eigenvalue weighted by Gasteiger charge is -2.70. The highest BCUT2D eigenvalue weighted by atomic mass is 16.5. The first kappa shape index (κ1) is 20.1. The summed E-state index contributed by atoms with van der Waals surface area (Å²) in [6, 6.07) is 16.0. The molecule has 2 amide bonds. The lowest BCUT2D eigenvalue weighted by atomic mass is 9.60. The third kappa shape index (κ3) is 3.04. The number of aliphatic hydroxyl groups is 1. The van der Waals surface area contributed by atoms with Crippen molar-refractivity contribution in [1.29, 1.82) is 0 Å². The Morgan fingerprint density at radius 1 is 1.10 bits per heavy atom. The van der Waals surface area contributed by atoms with Crippen LogP contribution in [0.25, 0.3) is 11.1 Å². The molecule has 2 aromatic rings. The molecule has 0 aromatic heterocycles. The minimum atomic E-state index is -0.398. The first-order valence-electron chi connectivity index (χ1n) is 10.9. The molecule has 162 valence electrons. The summed E-state index contributed by atoms with van der Waals surface area (Å²) in [5, 5.41) is 10.2. The van der Waals surface area contributed by atoms with Gasteiger partial charge in [0.25, 0.3) is 0 Å². The lowest BCUT2D eigenvalue weighted by Crippen LogP contribution is -2.86. The molecular formula is C25H28N2O4. The summed E-state index contributed by atoms with van der Waals surface area (Å²) < 4.78 is 5.49. The third-order valence-corrected chi connectivity index (χ3v) is 7.19. The highest BCUT2D eigenvalue weighted by molar-refractivity contribution is 5.85. The number of hydrogen-bond donors (Lipinski definition) is 1. The van der Waals surface area contributed by atoms with E-state index in [2.05, 4.69) is 24.3 Å². The van der Waals surface area contributed by atoms with Crippen molar-refractivity contribution in [3.05, 3.63) is 54.1 Å². The van der Waals surface area contributed by atoms with Crippen LogP contribution in [0, 0.1) is 5.92 Å². The van der Waals surface area contributed by atoms with Crippen molar-refractivity contribution < 1.29 is 19.4 Å². The molecule has 6 heteroatoms. The Morgan fingerprint density at radius 3 is 2.35 bits per heavy atom. The topological polar surface area (TPSA) is 70.1 Å². The van der Waals surface area contributed by atoms with Crippen LogP contribution in [0.4, 0.5) is 0 Å². The number of amides is 2. The molecule has 6 nitrogen and oxygen atoms in total. The maximum absolute atomic E-state index is 13.0. The lowest BCUT2D eigenvalue weighted by molar-refractivity contribution is -0.203. The van der Waals surface area contributed by atoms with Gasteiger partial charge in [0, 0.05) is 37.4 Å². The summed E-state index contributed by atoms with van der Waals surface area (Å²) in [5.41, 5.74) is 2.78. The van der Waals surface area contributed by atoms with Gasteiger partial charge >= 0.3 is 0 Å². The van der Waals surface area contributed by atoms with Crippen molar-refractivity contribution in [2.75, 3.05) is 26.8 Å². The molecule has 31 heavy (non-hydrogen) atoms. The zero-order valence-corrected chi connectivity index (χ0v) is 18.0. The minimum Gasteiger partial charge on any atom is -0.496 e. The fourth-order valence-electron chi connectivity index (χ4n) is 5.47. The van der Waals surface area contributed by atoms with Crippen LogP contribution in [0.1, 0.15) is 31.2 Å². The van der Waals surface area contributed by atoms with E-state index in [4.69, 9.17) is 4.74 Å². The summed E-state index contributed by atoms with van der Waals surface area (Å²) in [4.78, 5) is 28.6. The molecule has 2 aliphatic heterocycles.